The first-order chi connectivity index (χ1) is 7.97. The van der Waals surface area contributed by atoms with Gasteiger partial charge in [0.05, 0.1) is 6.61 Å². The fourth-order valence-corrected chi connectivity index (χ4v) is 1.19. The van der Waals surface area contributed by atoms with Crippen LogP contribution in [0.1, 0.15) is 19.4 Å². The van der Waals surface area contributed by atoms with Gasteiger partial charge in [-0.2, -0.15) is 0 Å². The van der Waals surface area contributed by atoms with Crippen molar-refractivity contribution < 1.29 is 19.0 Å². The van der Waals surface area contributed by atoms with Gasteiger partial charge in [0.25, 0.3) is 0 Å². The van der Waals surface area contributed by atoms with E-state index in [4.69, 9.17) is 9.84 Å². The number of hydrogen-bond donors (Lipinski definition) is 1. The van der Waals surface area contributed by atoms with E-state index in [-0.39, 0.29) is 0 Å². The second-order valence-corrected chi connectivity index (χ2v) is 4.10. The lowest BCUT2D eigenvalue weighted by atomic mass is 10.2. The summed E-state index contributed by atoms with van der Waals surface area (Å²) in [4.78, 5) is 10.3. The van der Waals surface area contributed by atoms with E-state index in [0.717, 1.165) is 6.08 Å². The number of halogens is 1. The molecule has 1 aromatic rings. The Labute approximate surface area is 99.5 Å². The normalized spacial score (nSPS) is 11.1. The van der Waals surface area contributed by atoms with Crippen LogP contribution in [0.2, 0.25) is 0 Å². The summed E-state index contributed by atoms with van der Waals surface area (Å²) in [5, 5.41) is 8.48. The Morgan fingerprint density at radius 1 is 1.47 bits per heavy atom. The van der Waals surface area contributed by atoms with E-state index in [1.807, 2.05) is 13.8 Å². The number of carbonyl (C=O) groups is 1. The quantitative estimate of drug-likeness (QED) is 0.802. The van der Waals surface area contributed by atoms with Crippen LogP contribution in [-0.4, -0.2) is 17.7 Å². The number of benzene rings is 1. The zero-order valence-corrected chi connectivity index (χ0v) is 9.81. The van der Waals surface area contributed by atoms with Crippen LogP contribution in [0, 0.1) is 11.7 Å². The molecule has 0 aromatic heterocycles. The first-order valence-electron chi connectivity index (χ1n) is 5.32. The second-order valence-electron chi connectivity index (χ2n) is 4.10. The Kier molecular flexibility index (Phi) is 4.69. The molecule has 0 heterocycles. The lowest BCUT2D eigenvalue weighted by Crippen LogP contribution is -2.04. The minimum atomic E-state index is -1.07. The van der Waals surface area contributed by atoms with Gasteiger partial charge >= 0.3 is 5.97 Å². The van der Waals surface area contributed by atoms with Crippen LogP contribution < -0.4 is 4.74 Å². The summed E-state index contributed by atoms with van der Waals surface area (Å²) in [7, 11) is 0. The minimum Gasteiger partial charge on any atom is -0.493 e. The summed E-state index contributed by atoms with van der Waals surface area (Å²) in [6.45, 7) is 4.47. The van der Waals surface area contributed by atoms with Crippen molar-refractivity contribution in [3.8, 4) is 5.75 Å². The van der Waals surface area contributed by atoms with Crippen LogP contribution in [0.4, 0.5) is 4.39 Å². The zero-order valence-electron chi connectivity index (χ0n) is 9.81. The van der Waals surface area contributed by atoms with E-state index >= 15 is 0 Å². The molecular formula is C13H15FO3. The van der Waals surface area contributed by atoms with Crippen molar-refractivity contribution in [3.63, 3.8) is 0 Å². The van der Waals surface area contributed by atoms with E-state index in [9.17, 15) is 9.18 Å². The van der Waals surface area contributed by atoms with Crippen molar-refractivity contribution in [2.45, 2.75) is 13.8 Å². The maximum atomic E-state index is 13.2. The zero-order chi connectivity index (χ0) is 12.8. The van der Waals surface area contributed by atoms with Crippen molar-refractivity contribution >= 4 is 12.0 Å². The number of carboxylic acid groups (broad SMARTS) is 1. The maximum absolute atomic E-state index is 13.2. The van der Waals surface area contributed by atoms with Crippen molar-refractivity contribution in [3.05, 3.63) is 35.7 Å². The molecule has 0 saturated carbocycles. The molecular weight excluding hydrogens is 223 g/mol. The van der Waals surface area contributed by atoms with Gasteiger partial charge in [-0.25, -0.2) is 9.18 Å². The van der Waals surface area contributed by atoms with Gasteiger partial charge in [-0.15, -0.1) is 0 Å². The van der Waals surface area contributed by atoms with Crippen LogP contribution in [0.5, 0.6) is 5.75 Å². The molecule has 0 radical (unpaired) electrons. The van der Waals surface area contributed by atoms with E-state index in [1.54, 1.807) is 6.07 Å². The van der Waals surface area contributed by atoms with E-state index in [2.05, 4.69) is 0 Å². The molecule has 0 fully saturated rings. The maximum Gasteiger partial charge on any atom is 0.328 e. The molecule has 0 amide bonds. The highest BCUT2D eigenvalue weighted by Crippen LogP contribution is 2.18. The Hall–Kier alpha value is -1.84. The molecule has 1 aromatic carbocycles. The van der Waals surface area contributed by atoms with Crippen LogP contribution in [-0.2, 0) is 4.79 Å². The Morgan fingerprint density at radius 2 is 2.18 bits per heavy atom. The van der Waals surface area contributed by atoms with E-state index < -0.39 is 11.8 Å². The van der Waals surface area contributed by atoms with Crippen LogP contribution in [0.3, 0.4) is 0 Å². The first-order valence-corrected chi connectivity index (χ1v) is 5.32. The average molecular weight is 238 g/mol. The average Bonchev–Trinajstić information content (AvgIpc) is 2.23. The van der Waals surface area contributed by atoms with Gasteiger partial charge in [0.2, 0.25) is 0 Å². The van der Waals surface area contributed by atoms with Gasteiger partial charge in [0.1, 0.15) is 11.6 Å². The monoisotopic (exact) mass is 238 g/mol. The molecule has 92 valence electrons. The van der Waals surface area contributed by atoms with Crippen molar-refractivity contribution in [2.75, 3.05) is 6.61 Å². The number of hydrogen-bond acceptors (Lipinski definition) is 2. The highest BCUT2D eigenvalue weighted by molar-refractivity contribution is 5.85. The summed E-state index contributed by atoms with van der Waals surface area (Å²) in [6, 6.07) is 4.13. The molecule has 0 aliphatic rings. The lowest BCUT2D eigenvalue weighted by molar-refractivity contribution is -0.131. The molecule has 0 bridgehead atoms. The molecule has 0 aliphatic carbocycles. The van der Waals surface area contributed by atoms with Gasteiger partial charge in [-0.05, 0) is 29.7 Å². The van der Waals surface area contributed by atoms with Crippen LogP contribution in [0.25, 0.3) is 6.08 Å². The fourth-order valence-electron chi connectivity index (χ4n) is 1.19. The topological polar surface area (TPSA) is 46.5 Å². The first kappa shape index (κ1) is 13.2. The highest BCUT2D eigenvalue weighted by atomic mass is 19.1. The molecule has 1 N–H and O–H groups in total. The van der Waals surface area contributed by atoms with Crippen molar-refractivity contribution in [1.29, 1.82) is 0 Å². The highest BCUT2D eigenvalue weighted by Gasteiger charge is 2.02. The fraction of sp³-hybridized carbons (Fsp3) is 0.308. The predicted octanol–water partition coefficient (Wildman–Crippen LogP) is 2.96. The molecule has 3 nitrogen and oxygen atoms in total. The summed E-state index contributed by atoms with van der Waals surface area (Å²) in [6.07, 6.45) is 2.29. The van der Waals surface area contributed by atoms with Crippen LogP contribution in [0.15, 0.2) is 24.3 Å². The smallest absolute Gasteiger partial charge is 0.328 e. The van der Waals surface area contributed by atoms with E-state index in [0.29, 0.717) is 23.8 Å². The number of rotatable bonds is 5. The molecule has 0 saturated heterocycles. The van der Waals surface area contributed by atoms with Gasteiger partial charge in [0, 0.05) is 12.1 Å². The SMILES string of the molecule is CC(C)COc1cc(F)cc(/C=C/C(=O)O)c1. The lowest BCUT2D eigenvalue weighted by Gasteiger charge is -2.09. The number of aliphatic carboxylic acids is 1. The summed E-state index contributed by atoms with van der Waals surface area (Å²) in [5.41, 5.74) is 0.464. The Balaban J connectivity index is 2.82. The van der Waals surface area contributed by atoms with E-state index in [1.165, 1.54) is 18.2 Å². The van der Waals surface area contributed by atoms with Crippen molar-refractivity contribution in [1.82, 2.24) is 0 Å². The standard InChI is InChI=1S/C13H15FO3/c1-9(2)8-17-12-6-10(3-4-13(15)16)5-11(14)7-12/h3-7,9H,8H2,1-2H3,(H,15,16)/b4-3+. The number of ether oxygens (including phenoxy) is 1. The summed E-state index contributed by atoms with van der Waals surface area (Å²) in [5.74, 6) is -0.768. The van der Waals surface area contributed by atoms with Gasteiger partial charge < -0.3 is 9.84 Å². The molecule has 0 spiro atoms. The predicted molar refractivity (Wildman–Crippen MR) is 63.4 cm³/mol. The number of carboxylic acids is 1. The Morgan fingerprint density at radius 3 is 2.76 bits per heavy atom. The summed E-state index contributed by atoms with van der Waals surface area (Å²) < 4.78 is 18.6. The Bertz CT molecular complexity index is 425. The minimum absolute atomic E-state index is 0.344. The third-order valence-corrected chi connectivity index (χ3v) is 1.90. The van der Waals surface area contributed by atoms with Gasteiger partial charge in [-0.1, -0.05) is 13.8 Å². The molecule has 0 aliphatic heterocycles. The van der Waals surface area contributed by atoms with Crippen LogP contribution >= 0.6 is 0 Å². The molecule has 0 atom stereocenters. The summed E-state index contributed by atoms with van der Waals surface area (Å²) >= 11 is 0. The third kappa shape index (κ3) is 5.15. The molecule has 4 heteroatoms. The molecule has 17 heavy (non-hydrogen) atoms. The largest absolute Gasteiger partial charge is 0.493 e. The van der Waals surface area contributed by atoms with Gasteiger partial charge in [-0.3, -0.25) is 0 Å². The third-order valence-electron chi connectivity index (χ3n) is 1.90. The molecule has 1 rings (SSSR count). The van der Waals surface area contributed by atoms with Gasteiger partial charge in [0.15, 0.2) is 0 Å². The molecule has 0 unspecified atom stereocenters. The second kappa shape index (κ2) is 6.03. The van der Waals surface area contributed by atoms with Crippen molar-refractivity contribution in [2.24, 2.45) is 5.92 Å².